The Hall–Kier alpha value is -2.70. The molecule has 1 amide bonds. The van der Waals surface area contributed by atoms with Crippen LogP contribution in [0.15, 0.2) is 48.5 Å². The highest BCUT2D eigenvalue weighted by atomic mass is 19.3. The van der Waals surface area contributed by atoms with E-state index in [1.165, 1.54) is 43.3 Å². The predicted molar refractivity (Wildman–Crippen MR) is 78.2 cm³/mol. The third-order valence-corrected chi connectivity index (χ3v) is 2.84. The van der Waals surface area contributed by atoms with E-state index in [0.717, 1.165) is 6.07 Å². The van der Waals surface area contributed by atoms with Crippen LogP contribution in [0.25, 0.3) is 0 Å². The molecule has 0 aliphatic heterocycles. The number of carbonyl (C=O) groups excluding carboxylic acids is 1. The van der Waals surface area contributed by atoms with Gasteiger partial charge in [-0.15, -0.1) is 0 Å². The van der Waals surface area contributed by atoms with Crippen molar-refractivity contribution in [2.45, 2.75) is 19.6 Å². The molecule has 0 spiro atoms. The number of rotatable bonds is 6. The molecule has 2 aromatic rings. The van der Waals surface area contributed by atoms with Gasteiger partial charge in [-0.1, -0.05) is 18.2 Å². The van der Waals surface area contributed by atoms with Crippen LogP contribution in [0.3, 0.4) is 0 Å². The van der Waals surface area contributed by atoms with E-state index in [1.807, 2.05) is 0 Å². The second-order valence-corrected chi connectivity index (χ2v) is 4.58. The predicted octanol–water partition coefficient (Wildman–Crippen LogP) is 3.83. The van der Waals surface area contributed by atoms with E-state index in [0.29, 0.717) is 0 Å². The molecule has 2 rings (SSSR count). The fourth-order valence-electron chi connectivity index (χ4n) is 1.80. The van der Waals surface area contributed by atoms with E-state index in [-0.39, 0.29) is 17.2 Å². The van der Waals surface area contributed by atoms with Crippen molar-refractivity contribution in [2.75, 3.05) is 5.32 Å². The normalized spacial score (nSPS) is 11.9. The molecule has 0 heterocycles. The summed E-state index contributed by atoms with van der Waals surface area (Å²) < 4.78 is 47.4. The van der Waals surface area contributed by atoms with Crippen molar-refractivity contribution in [3.05, 3.63) is 54.3 Å². The molecule has 0 aliphatic rings. The molecule has 0 bridgehead atoms. The van der Waals surface area contributed by atoms with Crippen molar-refractivity contribution >= 4 is 11.6 Å². The molecular weight excluding hydrogens is 311 g/mol. The second-order valence-electron chi connectivity index (χ2n) is 4.58. The van der Waals surface area contributed by atoms with Crippen LogP contribution in [0.4, 0.5) is 18.9 Å². The molecule has 0 radical (unpaired) electrons. The van der Waals surface area contributed by atoms with Crippen molar-refractivity contribution < 1.29 is 27.4 Å². The number of alkyl halides is 2. The number of benzene rings is 2. The SMILES string of the molecule is CC(Oc1cccc(F)c1)C(=O)Nc1ccccc1OC(F)F. The zero-order chi connectivity index (χ0) is 16.8. The van der Waals surface area contributed by atoms with Gasteiger partial charge in [0.2, 0.25) is 0 Å². The number of carbonyl (C=O) groups is 1. The van der Waals surface area contributed by atoms with Crippen LogP contribution in [0, 0.1) is 5.82 Å². The zero-order valence-electron chi connectivity index (χ0n) is 12.1. The molecule has 1 N–H and O–H groups in total. The van der Waals surface area contributed by atoms with Gasteiger partial charge in [0.1, 0.15) is 17.3 Å². The lowest BCUT2D eigenvalue weighted by atomic mass is 10.2. The summed E-state index contributed by atoms with van der Waals surface area (Å²) >= 11 is 0. The first-order valence-electron chi connectivity index (χ1n) is 6.72. The molecule has 2 aromatic carbocycles. The number of nitrogens with one attached hydrogen (secondary N) is 1. The zero-order valence-corrected chi connectivity index (χ0v) is 12.1. The summed E-state index contributed by atoms with van der Waals surface area (Å²) in [7, 11) is 0. The fraction of sp³-hybridized carbons (Fsp3) is 0.188. The first-order valence-corrected chi connectivity index (χ1v) is 6.72. The summed E-state index contributed by atoms with van der Waals surface area (Å²) in [6.45, 7) is -1.55. The molecule has 0 fully saturated rings. The lowest BCUT2D eigenvalue weighted by molar-refractivity contribution is -0.122. The van der Waals surface area contributed by atoms with E-state index in [2.05, 4.69) is 10.1 Å². The maximum Gasteiger partial charge on any atom is 0.387 e. The van der Waals surface area contributed by atoms with Crippen molar-refractivity contribution in [1.29, 1.82) is 0 Å². The topological polar surface area (TPSA) is 47.6 Å². The van der Waals surface area contributed by atoms with Crippen LogP contribution in [-0.2, 0) is 4.79 Å². The van der Waals surface area contributed by atoms with Gasteiger partial charge >= 0.3 is 6.61 Å². The molecule has 0 saturated carbocycles. The molecule has 4 nitrogen and oxygen atoms in total. The molecular formula is C16H14F3NO3. The van der Waals surface area contributed by atoms with Crippen molar-refractivity contribution in [3.63, 3.8) is 0 Å². The van der Waals surface area contributed by atoms with Gasteiger partial charge in [0.15, 0.2) is 6.10 Å². The number of para-hydroxylation sites is 2. The van der Waals surface area contributed by atoms with Crippen molar-refractivity contribution in [1.82, 2.24) is 0 Å². The van der Waals surface area contributed by atoms with Gasteiger partial charge in [-0.25, -0.2) is 4.39 Å². The first-order chi connectivity index (χ1) is 11.0. The highest BCUT2D eigenvalue weighted by Gasteiger charge is 2.18. The van der Waals surface area contributed by atoms with Crippen LogP contribution in [0.5, 0.6) is 11.5 Å². The smallest absolute Gasteiger partial charge is 0.387 e. The molecule has 122 valence electrons. The van der Waals surface area contributed by atoms with Crippen molar-refractivity contribution in [3.8, 4) is 11.5 Å². The average Bonchev–Trinajstić information content (AvgIpc) is 2.48. The number of ether oxygens (including phenoxy) is 2. The minimum atomic E-state index is -3.01. The van der Waals surface area contributed by atoms with Crippen LogP contribution in [-0.4, -0.2) is 18.6 Å². The quantitative estimate of drug-likeness (QED) is 0.878. The Bertz CT molecular complexity index is 679. The van der Waals surface area contributed by atoms with Gasteiger partial charge in [-0.2, -0.15) is 8.78 Å². The fourth-order valence-corrected chi connectivity index (χ4v) is 1.80. The number of hydrogen-bond acceptors (Lipinski definition) is 3. The Labute approximate surface area is 130 Å². The number of halogens is 3. The summed E-state index contributed by atoms with van der Waals surface area (Å²) in [6, 6.07) is 11.1. The Morgan fingerprint density at radius 2 is 1.83 bits per heavy atom. The van der Waals surface area contributed by atoms with Gasteiger partial charge in [0.25, 0.3) is 5.91 Å². The Balaban J connectivity index is 2.04. The van der Waals surface area contributed by atoms with Gasteiger partial charge < -0.3 is 14.8 Å². The maximum atomic E-state index is 13.1. The molecule has 1 atom stereocenters. The van der Waals surface area contributed by atoms with Gasteiger partial charge in [-0.05, 0) is 31.2 Å². The van der Waals surface area contributed by atoms with Gasteiger partial charge in [-0.3, -0.25) is 4.79 Å². The highest BCUT2D eigenvalue weighted by Crippen LogP contribution is 2.26. The molecule has 1 unspecified atom stereocenters. The van der Waals surface area contributed by atoms with Crippen molar-refractivity contribution in [2.24, 2.45) is 0 Å². The monoisotopic (exact) mass is 325 g/mol. The standard InChI is InChI=1S/C16H14F3NO3/c1-10(22-12-6-4-5-11(17)9-12)15(21)20-13-7-2-3-8-14(13)23-16(18)19/h2-10,16H,1H3,(H,20,21). The summed E-state index contributed by atoms with van der Waals surface area (Å²) in [5.41, 5.74) is 0.0903. The Kier molecular flexibility index (Phi) is 5.46. The average molecular weight is 325 g/mol. The van der Waals surface area contributed by atoms with E-state index >= 15 is 0 Å². The van der Waals surface area contributed by atoms with Crippen LogP contribution >= 0.6 is 0 Å². The summed E-state index contributed by atoms with van der Waals surface area (Å²) in [4.78, 5) is 12.1. The molecule has 0 aromatic heterocycles. The Morgan fingerprint density at radius 3 is 2.52 bits per heavy atom. The molecule has 7 heteroatoms. The Morgan fingerprint density at radius 1 is 1.09 bits per heavy atom. The van der Waals surface area contributed by atoms with Crippen LogP contribution < -0.4 is 14.8 Å². The third-order valence-electron chi connectivity index (χ3n) is 2.84. The summed E-state index contributed by atoms with van der Waals surface area (Å²) in [5, 5.41) is 2.43. The first kappa shape index (κ1) is 16.7. The van der Waals surface area contributed by atoms with E-state index < -0.39 is 24.4 Å². The maximum absolute atomic E-state index is 13.1. The van der Waals surface area contributed by atoms with E-state index in [4.69, 9.17) is 4.74 Å². The highest BCUT2D eigenvalue weighted by molar-refractivity contribution is 5.95. The molecule has 23 heavy (non-hydrogen) atoms. The second kappa shape index (κ2) is 7.53. The third kappa shape index (κ3) is 4.91. The van der Waals surface area contributed by atoms with Gasteiger partial charge in [0, 0.05) is 6.07 Å². The van der Waals surface area contributed by atoms with E-state index in [1.54, 1.807) is 6.07 Å². The minimum Gasteiger partial charge on any atom is -0.481 e. The molecule has 0 saturated heterocycles. The van der Waals surface area contributed by atoms with E-state index in [9.17, 15) is 18.0 Å². The van der Waals surface area contributed by atoms with Crippen LogP contribution in [0.1, 0.15) is 6.92 Å². The van der Waals surface area contributed by atoms with Gasteiger partial charge in [0.05, 0.1) is 5.69 Å². The number of anilines is 1. The molecule has 0 aliphatic carbocycles. The lowest BCUT2D eigenvalue weighted by Gasteiger charge is -2.16. The summed E-state index contributed by atoms with van der Waals surface area (Å²) in [5.74, 6) is -1.05. The lowest BCUT2D eigenvalue weighted by Crippen LogP contribution is -2.30. The number of hydrogen-bond donors (Lipinski definition) is 1. The van der Waals surface area contributed by atoms with Crippen LogP contribution in [0.2, 0.25) is 0 Å². The summed E-state index contributed by atoms with van der Waals surface area (Å²) in [6.07, 6.45) is -0.962. The number of amides is 1. The largest absolute Gasteiger partial charge is 0.481 e. The minimum absolute atomic E-state index is 0.0903.